The van der Waals surface area contributed by atoms with Crippen molar-refractivity contribution in [3.8, 4) is 5.75 Å². The van der Waals surface area contributed by atoms with Gasteiger partial charge in [-0.1, -0.05) is 12.1 Å². The zero-order valence-corrected chi connectivity index (χ0v) is 12.1. The van der Waals surface area contributed by atoms with Crippen molar-refractivity contribution in [2.45, 2.75) is 13.5 Å². The molecule has 2 aromatic carbocycles. The Morgan fingerprint density at radius 3 is 2.67 bits per heavy atom. The minimum atomic E-state index is -0.495. The first-order chi connectivity index (χ1) is 10.0. The van der Waals surface area contributed by atoms with Gasteiger partial charge in [0.05, 0.1) is 24.0 Å². The van der Waals surface area contributed by atoms with Crippen molar-refractivity contribution in [1.29, 1.82) is 0 Å². The van der Waals surface area contributed by atoms with E-state index in [-0.39, 0.29) is 17.9 Å². The summed E-state index contributed by atoms with van der Waals surface area (Å²) in [6.45, 7) is 1.98. The van der Waals surface area contributed by atoms with Crippen LogP contribution in [0.3, 0.4) is 0 Å². The number of esters is 1. The average molecular weight is 286 g/mol. The van der Waals surface area contributed by atoms with E-state index < -0.39 is 5.97 Å². The molecule has 0 aliphatic heterocycles. The molecule has 0 amide bonds. The largest absolute Gasteiger partial charge is 0.497 e. The Morgan fingerprint density at radius 1 is 1.19 bits per heavy atom. The first-order valence-electron chi connectivity index (χ1n) is 6.47. The predicted octanol–water partition coefficient (Wildman–Crippen LogP) is 2.53. The van der Waals surface area contributed by atoms with E-state index in [1.165, 1.54) is 0 Å². The lowest BCUT2D eigenvalue weighted by Gasteiger charge is -2.10. The molecule has 0 aliphatic rings. The maximum Gasteiger partial charge on any atom is 0.340 e. The monoisotopic (exact) mass is 286 g/mol. The molecular weight excluding hydrogens is 268 g/mol. The van der Waals surface area contributed by atoms with Gasteiger partial charge in [-0.25, -0.2) is 4.79 Å². The Balaban J connectivity index is 2.11. The number of carbonyl (C=O) groups excluding carboxylic acids is 1. The van der Waals surface area contributed by atoms with Crippen LogP contribution in [0.4, 0.5) is 11.4 Å². The fourth-order valence-electron chi connectivity index (χ4n) is 1.98. The molecule has 4 N–H and O–H groups in total. The Hall–Kier alpha value is -2.69. The van der Waals surface area contributed by atoms with E-state index in [0.717, 1.165) is 11.1 Å². The summed E-state index contributed by atoms with van der Waals surface area (Å²) in [4.78, 5) is 12.1. The Bertz CT molecular complexity index is 669. The highest BCUT2D eigenvalue weighted by atomic mass is 16.5. The summed E-state index contributed by atoms with van der Waals surface area (Å²) in [5.74, 6) is 0.216. The maximum absolute atomic E-state index is 12.1. The molecule has 5 nitrogen and oxygen atoms in total. The molecule has 0 bridgehead atoms. The van der Waals surface area contributed by atoms with Crippen LogP contribution in [0.2, 0.25) is 0 Å². The van der Waals surface area contributed by atoms with Gasteiger partial charge in [0.1, 0.15) is 12.4 Å². The minimum absolute atomic E-state index is 0.142. The topological polar surface area (TPSA) is 87.6 Å². The molecule has 0 aliphatic carbocycles. The molecule has 2 aromatic rings. The molecule has 0 atom stereocenters. The lowest BCUT2D eigenvalue weighted by molar-refractivity contribution is 0.0473. The molecule has 2 rings (SSSR count). The summed E-state index contributed by atoms with van der Waals surface area (Å²) in [6.07, 6.45) is 0. The summed E-state index contributed by atoms with van der Waals surface area (Å²) in [7, 11) is 1.58. The first kappa shape index (κ1) is 14.7. The number of hydrogen-bond acceptors (Lipinski definition) is 5. The third-order valence-corrected chi connectivity index (χ3v) is 3.08. The van der Waals surface area contributed by atoms with Gasteiger partial charge in [-0.05, 0) is 42.3 Å². The second-order valence-electron chi connectivity index (χ2n) is 4.74. The second kappa shape index (κ2) is 6.17. The molecule has 0 aromatic heterocycles. The smallest absolute Gasteiger partial charge is 0.340 e. The van der Waals surface area contributed by atoms with Gasteiger partial charge in [-0.2, -0.15) is 0 Å². The molecule has 0 spiro atoms. The van der Waals surface area contributed by atoms with Crippen LogP contribution in [0, 0.1) is 6.92 Å². The number of aryl methyl sites for hydroxylation is 1. The van der Waals surface area contributed by atoms with Crippen molar-refractivity contribution >= 4 is 17.3 Å². The van der Waals surface area contributed by atoms with E-state index in [9.17, 15) is 4.79 Å². The number of carbonyl (C=O) groups is 1. The molecule has 0 saturated carbocycles. The minimum Gasteiger partial charge on any atom is -0.497 e. The molecular formula is C16H18N2O3. The van der Waals surface area contributed by atoms with E-state index in [2.05, 4.69) is 0 Å². The molecule has 0 unspecified atom stereocenters. The number of anilines is 2. The van der Waals surface area contributed by atoms with E-state index in [1.807, 2.05) is 25.1 Å². The van der Waals surface area contributed by atoms with Gasteiger partial charge < -0.3 is 20.9 Å². The Labute approximate surface area is 123 Å². The summed E-state index contributed by atoms with van der Waals surface area (Å²) < 4.78 is 10.4. The molecule has 21 heavy (non-hydrogen) atoms. The van der Waals surface area contributed by atoms with Gasteiger partial charge in [0, 0.05) is 0 Å². The number of methoxy groups -OCH3 is 1. The van der Waals surface area contributed by atoms with Crippen LogP contribution in [0.15, 0.2) is 36.4 Å². The van der Waals surface area contributed by atoms with Crippen molar-refractivity contribution in [2.75, 3.05) is 18.6 Å². The van der Waals surface area contributed by atoms with Crippen LogP contribution < -0.4 is 16.2 Å². The fraction of sp³-hybridized carbons (Fsp3) is 0.188. The van der Waals surface area contributed by atoms with Crippen LogP contribution in [0.25, 0.3) is 0 Å². The Morgan fingerprint density at radius 2 is 1.95 bits per heavy atom. The number of nitrogens with two attached hydrogens (primary N) is 2. The molecule has 0 radical (unpaired) electrons. The van der Waals surface area contributed by atoms with E-state index in [0.29, 0.717) is 11.4 Å². The third kappa shape index (κ3) is 3.45. The summed E-state index contributed by atoms with van der Waals surface area (Å²) in [5, 5.41) is 0. The van der Waals surface area contributed by atoms with Crippen LogP contribution in [-0.2, 0) is 11.3 Å². The quantitative estimate of drug-likeness (QED) is 0.666. The average Bonchev–Trinajstić information content (AvgIpc) is 2.48. The van der Waals surface area contributed by atoms with Crippen molar-refractivity contribution in [2.24, 2.45) is 0 Å². The van der Waals surface area contributed by atoms with E-state index in [1.54, 1.807) is 25.3 Å². The maximum atomic E-state index is 12.1. The highest BCUT2D eigenvalue weighted by Gasteiger charge is 2.14. The van der Waals surface area contributed by atoms with Gasteiger partial charge in [0.2, 0.25) is 0 Å². The molecule has 110 valence electrons. The van der Waals surface area contributed by atoms with Crippen molar-refractivity contribution in [3.63, 3.8) is 0 Å². The zero-order chi connectivity index (χ0) is 15.4. The second-order valence-corrected chi connectivity index (χ2v) is 4.74. The number of benzene rings is 2. The summed E-state index contributed by atoms with van der Waals surface area (Å²) in [6, 6.07) is 10.7. The van der Waals surface area contributed by atoms with Gasteiger partial charge in [-0.3, -0.25) is 0 Å². The van der Waals surface area contributed by atoms with Gasteiger partial charge in [0.25, 0.3) is 0 Å². The lowest BCUT2D eigenvalue weighted by Crippen LogP contribution is -2.10. The SMILES string of the molecule is COc1cccc(COC(=O)c2cc(C)cc(N)c2N)c1. The highest BCUT2D eigenvalue weighted by Crippen LogP contribution is 2.23. The molecule has 0 heterocycles. The van der Waals surface area contributed by atoms with Crippen LogP contribution in [0.1, 0.15) is 21.5 Å². The Kier molecular flexibility index (Phi) is 4.33. The highest BCUT2D eigenvalue weighted by molar-refractivity contribution is 5.98. The fourth-order valence-corrected chi connectivity index (χ4v) is 1.98. The third-order valence-electron chi connectivity index (χ3n) is 3.08. The van der Waals surface area contributed by atoms with Crippen molar-refractivity contribution < 1.29 is 14.3 Å². The van der Waals surface area contributed by atoms with Crippen molar-refractivity contribution in [3.05, 3.63) is 53.1 Å². The molecule has 0 fully saturated rings. The van der Waals surface area contributed by atoms with E-state index in [4.69, 9.17) is 20.9 Å². The van der Waals surface area contributed by atoms with E-state index >= 15 is 0 Å². The number of rotatable bonds is 4. The normalized spacial score (nSPS) is 10.2. The van der Waals surface area contributed by atoms with Gasteiger partial charge in [-0.15, -0.1) is 0 Å². The van der Waals surface area contributed by atoms with Crippen molar-refractivity contribution in [1.82, 2.24) is 0 Å². The lowest BCUT2D eigenvalue weighted by atomic mass is 10.1. The first-order valence-corrected chi connectivity index (χ1v) is 6.47. The van der Waals surface area contributed by atoms with Crippen LogP contribution >= 0.6 is 0 Å². The number of ether oxygens (including phenoxy) is 2. The standard InChI is InChI=1S/C16H18N2O3/c1-10-6-13(15(18)14(17)7-10)16(19)21-9-11-4-3-5-12(8-11)20-2/h3-8H,9,17-18H2,1-2H3. The zero-order valence-electron chi connectivity index (χ0n) is 12.1. The van der Waals surface area contributed by atoms with Crippen LogP contribution in [0.5, 0.6) is 5.75 Å². The van der Waals surface area contributed by atoms with Gasteiger partial charge in [0.15, 0.2) is 0 Å². The summed E-state index contributed by atoms with van der Waals surface area (Å²) >= 11 is 0. The van der Waals surface area contributed by atoms with Gasteiger partial charge >= 0.3 is 5.97 Å². The molecule has 5 heteroatoms. The summed E-state index contributed by atoms with van der Waals surface area (Å²) in [5.41, 5.74) is 14.2. The number of hydrogen-bond donors (Lipinski definition) is 2. The number of nitrogen functional groups attached to an aromatic ring is 2. The molecule has 0 saturated heterocycles. The van der Waals surface area contributed by atoms with Crippen LogP contribution in [-0.4, -0.2) is 13.1 Å². The predicted molar refractivity (Wildman–Crippen MR) is 82.1 cm³/mol.